The Morgan fingerprint density at radius 1 is 1.45 bits per heavy atom. The van der Waals surface area contributed by atoms with E-state index in [1.165, 1.54) is 0 Å². The number of hydrogen-bond acceptors (Lipinski definition) is 5. The van der Waals surface area contributed by atoms with E-state index in [-0.39, 0.29) is 12.0 Å². The molecule has 0 unspecified atom stereocenters. The van der Waals surface area contributed by atoms with E-state index < -0.39 is 15.3 Å². The third-order valence-electron chi connectivity index (χ3n) is 4.03. The fourth-order valence-corrected chi connectivity index (χ4v) is 5.36. The van der Waals surface area contributed by atoms with Crippen molar-refractivity contribution in [3.63, 3.8) is 0 Å². The molecule has 0 radical (unpaired) electrons. The molecule has 0 amide bonds. The van der Waals surface area contributed by atoms with E-state index in [1.54, 1.807) is 11.3 Å². The average molecular weight is 340 g/mol. The standard InChI is InChI=1S/C15H20N2O3S2/c1-10(15-17-12-5-3-4-6-13(12)21-15)9-16-22(18,19)14-7-8-20-11(14)2/h3-6,10-11,14,16H,7-9H2,1-2H3/t10-,11+,14-/m1/s1. The minimum absolute atomic E-state index is 0.0461. The summed E-state index contributed by atoms with van der Waals surface area (Å²) in [7, 11) is -3.34. The van der Waals surface area contributed by atoms with Crippen LogP contribution in [0, 0.1) is 0 Å². The highest BCUT2D eigenvalue weighted by Gasteiger charge is 2.35. The van der Waals surface area contributed by atoms with Crippen molar-refractivity contribution in [2.75, 3.05) is 13.2 Å². The van der Waals surface area contributed by atoms with Crippen molar-refractivity contribution < 1.29 is 13.2 Å². The number of fused-ring (bicyclic) bond motifs is 1. The number of benzene rings is 1. The van der Waals surface area contributed by atoms with E-state index in [4.69, 9.17) is 4.74 Å². The summed E-state index contributed by atoms with van der Waals surface area (Å²) >= 11 is 1.62. The lowest BCUT2D eigenvalue weighted by molar-refractivity contribution is 0.126. The first-order valence-electron chi connectivity index (χ1n) is 7.43. The number of sulfonamides is 1. The van der Waals surface area contributed by atoms with Gasteiger partial charge in [0, 0.05) is 19.1 Å². The van der Waals surface area contributed by atoms with Gasteiger partial charge >= 0.3 is 0 Å². The average Bonchev–Trinajstić information content (AvgIpc) is 3.10. The fraction of sp³-hybridized carbons (Fsp3) is 0.533. The van der Waals surface area contributed by atoms with Gasteiger partial charge in [-0.2, -0.15) is 0 Å². The molecule has 2 heterocycles. The molecule has 0 aliphatic carbocycles. The maximum absolute atomic E-state index is 12.3. The Hall–Kier alpha value is -1.02. The van der Waals surface area contributed by atoms with Crippen LogP contribution in [0.5, 0.6) is 0 Å². The zero-order valence-corrected chi connectivity index (χ0v) is 14.3. The summed E-state index contributed by atoms with van der Waals surface area (Å²) in [5.41, 5.74) is 0.968. The number of aromatic nitrogens is 1. The van der Waals surface area contributed by atoms with Crippen LogP contribution >= 0.6 is 11.3 Å². The normalized spacial score (nSPS) is 23.9. The molecule has 7 heteroatoms. The van der Waals surface area contributed by atoms with Crippen LogP contribution in [0.15, 0.2) is 24.3 Å². The van der Waals surface area contributed by atoms with Crippen LogP contribution in [0.3, 0.4) is 0 Å². The van der Waals surface area contributed by atoms with Crippen LogP contribution in [-0.4, -0.2) is 37.9 Å². The van der Waals surface area contributed by atoms with Gasteiger partial charge in [0.15, 0.2) is 0 Å². The largest absolute Gasteiger partial charge is 0.377 e. The lowest BCUT2D eigenvalue weighted by Gasteiger charge is -2.17. The van der Waals surface area contributed by atoms with Crippen molar-refractivity contribution in [3.05, 3.63) is 29.3 Å². The molecular weight excluding hydrogens is 320 g/mol. The van der Waals surface area contributed by atoms with E-state index in [2.05, 4.69) is 9.71 Å². The Morgan fingerprint density at radius 3 is 2.91 bits per heavy atom. The van der Waals surface area contributed by atoms with Crippen LogP contribution in [0.1, 0.15) is 31.2 Å². The first-order chi connectivity index (χ1) is 10.5. The summed E-state index contributed by atoms with van der Waals surface area (Å²) in [5.74, 6) is 0.0461. The SMILES string of the molecule is C[C@H](CNS(=O)(=O)[C@@H]1CCO[C@H]1C)c1nc2ccccc2s1. The van der Waals surface area contributed by atoms with Gasteiger partial charge in [0.25, 0.3) is 0 Å². The highest BCUT2D eigenvalue weighted by molar-refractivity contribution is 7.90. The molecule has 22 heavy (non-hydrogen) atoms. The molecule has 1 saturated heterocycles. The molecule has 5 nitrogen and oxygen atoms in total. The lowest BCUT2D eigenvalue weighted by Crippen LogP contribution is -2.39. The van der Waals surface area contributed by atoms with Gasteiger partial charge in [0.05, 0.1) is 21.3 Å². The Balaban J connectivity index is 1.67. The number of thiazole rings is 1. The van der Waals surface area contributed by atoms with E-state index in [9.17, 15) is 8.42 Å². The molecule has 3 rings (SSSR count). The summed E-state index contributed by atoms with van der Waals surface area (Å²) in [6.07, 6.45) is 0.321. The summed E-state index contributed by atoms with van der Waals surface area (Å²) in [5, 5.41) is 0.509. The van der Waals surface area contributed by atoms with E-state index in [0.717, 1.165) is 15.2 Å². The van der Waals surface area contributed by atoms with Crippen LogP contribution in [0.2, 0.25) is 0 Å². The Morgan fingerprint density at radius 2 is 2.23 bits per heavy atom. The van der Waals surface area contributed by atoms with Crippen LogP contribution in [0.25, 0.3) is 10.2 Å². The lowest BCUT2D eigenvalue weighted by atomic mass is 10.2. The third kappa shape index (κ3) is 3.17. The number of nitrogens with one attached hydrogen (secondary N) is 1. The van der Waals surface area contributed by atoms with Crippen LogP contribution < -0.4 is 4.72 Å². The zero-order chi connectivity index (χ0) is 15.7. The van der Waals surface area contributed by atoms with Gasteiger partial charge in [0.2, 0.25) is 10.0 Å². The maximum atomic E-state index is 12.3. The number of rotatable bonds is 5. The molecule has 1 aromatic heterocycles. The van der Waals surface area contributed by atoms with Gasteiger partial charge in [-0.25, -0.2) is 18.1 Å². The Kier molecular flexibility index (Phi) is 4.49. The molecule has 2 aromatic rings. The van der Waals surface area contributed by atoms with Crippen molar-refractivity contribution in [1.82, 2.24) is 9.71 Å². The molecule has 0 saturated carbocycles. The number of hydrogen-bond donors (Lipinski definition) is 1. The molecule has 0 bridgehead atoms. The monoisotopic (exact) mass is 340 g/mol. The second-order valence-corrected chi connectivity index (χ2v) is 8.76. The summed E-state index contributed by atoms with van der Waals surface area (Å²) in [6, 6.07) is 7.95. The molecule has 1 N–H and O–H groups in total. The minimum Gasteiger partial charge on any atom is -0.377 e. The zero-order valence-electron chi connectivity index (χ0n) is 12.7. The fourth-order valence-electron chi connectivity index (χ4n) is 2.66. The van der Waals surface area contributed by atoms with Gasteiger partial charge in [0.1, 0.15) is 5.25 Å². The molecule has 120 valence electrons. The van der Waals surface area contributed by atoms with Crippen molar-refractivity contribution in [2.45, 2.75) is 37.5 Å². The van der Waals surface area contributed by atoms with Gasteiger partial charge in [-0.3, -0.25) is 0 Å². The highest BCUT2D eigenvalue weighted by atomic mass is 32.2. The molecule has 1 aliphatic rings. The second kappa shape index (κ2) is 6.23. The minimum atomic E-state index is -3.34. The summed E-state index contributed by atoms with van der Waals surface area (Å²) < 4.78 is 33.9. The predicted molar refractivity (Wildman–Crippen MR) is 88.8 cm³/mol. The summed E-state index contributed by atoms with van der Waals surface area (Å²) in [4.78, 5) is 4.58. The topological polar surface area (TPSA) is 68.3 Å². The van der Waals surface area contributed by atoms with Crippen molar-refractivity contribution >= 4 is 31.6 Å². The predicted octanol–water partition coefficient (Wildman–Crippen LogP) is 2.50. The maximum Gasteiger partial charge on any atom is 0.217 e. The summed E-state index contributed by atoms with van der Waals surface area (Å²) in [6.45, 7) is 4.69. The number of ether oxygens (including phenoxy) is 1. The van der Waals surface area contributed by atoms with Gasteiger partial charge in [-0.1, -0.05) is 19.1 Å². The first kappa shape index (κ1) is 15.9. The third-order valence-corrected chi connectivity index (χ3v) is 7.28. The van der Waals surface area contributed by atoms with Crippen LogP contribution in [-0.2, 0) is 14.8 Å². The van der Waals surface area contributed by atoms with Crippen molar-refractivity contribution in [1.29, 1.82) is 0 Å². The molecule has 0 spiro atoms. The van der Waals surface area contributed by atoms with Crippen molar-refractivity contribution in [2.24, 2.45) is 0 Å². The van der Waals surface area contributed by atoms with E-state index >= 15 is 0 Å². The van der Waals surface area contributed by atoms with Crippen LogP contribution in [0.4, 0.5) is 0 Å². The van der Waals surface area contributed by atoms with Gasteiger partial charge in [-0.15, -0.1) is 11.3 Å². The molecule has 1 aromatic carbocycles. The van der Waals surface area contributed by atoms with Gasteiger partial charge in [-0.05, 0) is 25.5 Å². The van der Waals surface area contributed by atoms with Gasteiger partial charge < -0.3 is 4.74 Å². The smallest absolute Gasteiger partial charge is 0.217 e. The van der Waals surface area contributed by atoms with Crippen molar-refractivity contribution in [3.8, 4) is 0 Å². The number of para-hydroxylation sites is 1. The highest BCUT2D eigenvalue weighted by Crippen LogP contribution is 2.27. The van der Waals surface area contributed by atoms with E-state index in [1.807, 2.05) is 38.1 Å². The quantitative estimate of drug-likeness (QED) is 0.908. The Labute approximate surface area is 134 Å². The molecule has 1 fully saturated rings. The molecule has 3 atom stereocenters. The molecule has 1 aliphatic heterocycles. The van der Waals surface area contributed by atoms with E-state index in [0.29, 0.717) is 19.6 Å². The number of nitrogens with zero attached hydrogens (tertiary/aromatic N) is 1. The molecular formula is C15H20N2O3S2. The Bertz CT molecular complexity index is 724. The first-order valence-corrected chi connectivity index (χ1v) is 9.79. The second-order valence-electron chi connectivity index (χ2n) is 5.72.